The number of rotatable bonds is 8. The molecule has 8 heteroatoms. The quantitative estimate of drug-likeness (QED) is 0.432. The van der Waals surface area contributed by atoms with E-state index in [-0.39, 0.29) is 24.1 Å². The molecule has 0 radical (unpaired) electrons. The van der Waals surface area contributed by atoms with Crippen molar-refractivity contribution >= 4 is 46.7 Å². The number of anilines is 2. The summed E-state index contributed by atoms with van der Waals surface area (Å²) in [6, 6.07) is 26.0. The molecule has 3 aromatic rings. The van der Waals surface area contributed by atoms with Gasteiger partial charge in [-0.15, -0.1) is 11.8 Å². The Kier molecular flexibility index (Phi) is 7.95. The maximum Gasteiger partial charge on any atom is 0.255 e. The predicted molar refractivity (Wildman–Crippen MR) is 139 cm³/mol. The maximum absolute atomic E-state index is 13.3. The number of hydrogen-bond donors (Lipinski definition) is 2. The monoisotopic (exact) mass is 486 g/mol. The highest BCUT2D eigenvalue weighted by molar-refractivity contribution is 8.00. The lowest BCUT2D eigenvalue weighted by Crippen LogP contribution is -2.33. The molecular formula is C27H26N4O3S. The summed E-state index contributed by atoms with van der Waals surface area (Å²) in [7, 11) is 0. The lowest BCUT2D eigenvalue weighted by Gasteiger charge is -2.17. The first-order valence-corrected chi connectivity index (χ1v) is 12.3. The number of thioether (sulfide) groups is 1. The van der Waals surface area contributed by atoms with E-state index in [0.717, 1.165) is 16.9 Å². The Hall–Kier alpha value is -3.91. The summed E-state index contributed by atoms with van der Waals surface area (Å²) in [5.74, 6) is -0.163. The molecule has 2 N–H and O–H groups in total. The van der Waals surface area contributed by atoms with Crippen LogP contribution in [0.15, 0.2) is 94.9 Å². The Bertz CT molecular complexity index is 1210. The van der Waals surface area contributed by atoms with Gasteiger partial charge in [0.25, 0.3) is 5.91 Å². The van der Waals surface area contributed by atoms with Gasteiger partial charge in [-0.2, -0.15) is 10.1 Å². The Balaban J connectivity index is 1.49. The van der Waals surface area contributed by atoms with Gasteiger partial charge >= 0.3 is 0 Å². The van der Waals surface area contributed by atoms with Gasteiger partial charge in [-0.1, -0.05) is 55.5 Å². The molecule has 3 aromatic carbocycles. The zero-order valence-corrected chi connectivity index (χ0v) is 20.1. The molecule has 0 saturated carbocycles. The van der Waals surface area contributed by atoms with E-state index < -0.39 is 5.25 Å². The molecule has 1 atom stereocenters. The summed E-state index contributed by atoms with van der Waals surface area (Å²) >= 11 is 1.39. The largest absolute Gasteiger partial charge is 0.326 e. The molecule has 7 nitrogen and oxygen atoms in total. The number of carbonyl (C=O) groups is 3. The van der Waals surface area contributed by atoms with Crippen LogP contribution in [0.5, 0.6) is 0 Å². The van der Waals surface area contributed by atoms with Gasteiger partial charge in [0.05, 0.1) is 12.1 Å². The minimum Gasteiger partial charge on any atom is -0.326 e. The van der Waals surface area contributed by atoms with Crippen molar-refractivity contribution in [1.29, 1.82) is 0 Å². The second-order valence-corrected chi connectivity index (χ2v) is 9.16. The first kappa shape index (κ1) is 24.2. The molecule has 0 aromatic heterocycles. The van der Waals surface area contributed by atoms with Crippen molar-refractivity contribution in [3.8, 4) is 0 Å². The zero-order chi connectivity index (χ0) is 24.6. The minimum atomic E-state index is -0.555. The van der Waals surface area contributed by atoms with Crippen molar-refractivity contribution in [3.63, 3.8) is 0 Å². The minimum absolute atomic E-state index is 0.0223. The number of hydrogen-bond acceptors (Lipinski definition) is 5. The molecule has 0 spiro atoms. The number of para-hydroxylation sites is 1. The van der Waals surface area contributed by atoms with Crippen molar-refractivity contribution in [2.24, 2.45) is 5.10 Å². The fourth-order valence-electron chi connectivity index (χ4n) is 3.58. The van der Waals surface area contributed by atoms with Crippen LogP contribution in [0.2, 0.25) is 0 Å². The predicted octanol–water partition coefficient (Wildman–Crippen LogP) is 5.13. The molecule has 1 aliphatic rings. The summed E-state index contributed by atoms with van der Waals surface area (Å²) in [6.07, 6.45) is 1.29. The smallest absolute Gasteiger partial charge is 0.255 e. The molecule has 4 rings (SSSR count). The Morgan fingerprint density at radius 2 is 1.60 bits per heavy atom. The van der Waals surface area contributed by atoms with Gasteiger partial charge in [0.15, 0.2) is 0 Å². The molecule has 3 amide bonds. The van der Waals surface area contributed by atoms with E-state index in [2.05, 4.69) is 15.7 Å². The highest BCUT2D eigenvalue weighted by atomic mass is 32.2. The van der Waals surface area contributed by atoms with Crippen molar-refractivity contribution in [2.75, 3.05) is 10.3 Å². The topological polar surface area (TPSA) is 90.9 Å². The van der Waals surface area contributed by atoms with E-state index >= 15 is 0 Å². The number of amides is 3. The highest BCUT2D eigenvalue weighted by Gasteiger charge is 2.29. The Morgan fingerprint density at radius 1 is 0.943 bits per heavy atom. The maximum atomic E-state index is 13.3. The molecule has 1 heterocycles. The van der Waals surface area contributed by atoms with Crippen LogP contribution in [0.25, 0.3) is 0 Å². The van der Waals surface area contributed by atoms with Crippen LogP contribution < -0.4 is 15.6 Å². The molecule has 178 valence electrons. The van der Waals surface area contributed by atoms with Crippen LogP contribution in [-0.4, -0.2) is 23.6 Å². The fourth-order valence-corrected chi connectivity index (χ4v) is 4.61. The van der Waals surface area contributed by atoms with Crippen LogP contribution in [0, 0.1) is 0 Å². The van der Waals surface area contributed by atoms with Gasteiger partial charge in [-0.25, -0.2) is 0 Å². The molecule has 35 heavy (non-hydrogen) atoms. The van der Waals surface area contributed by atoms with Crippen molar-refractivity contribution in [3.05, 3.63) is 90.5 Å². The van der Waals surface area contributed by atoms with Gasteiger partial charge < -0.3 is 10.6 Å². The lowest BCUT2D eigenvalue weighted by atomic mass is 10.1. The van der Waals surface area contributed by atoms with Crippen LogP contribution in [0.4, 0.5) is 11.4 Å². The Morgan fingerprint density at radius 3 is 2.26 bits per heavy atom. The van der Waals surface area contributed by atoms with Crippen molar-refractivity contribution < 1.29 is 14.4 Å². The van der Waals surface area contributed by atoms with Crippen LogP contribution in [0.1, 0.15) is 37.0 Å². The SMILES string of the molecule is CCCC(=O)Nc1ccc(SC(C(=O)NC2=NN(c3ccccc3)C(=O)C2)c2ccccc2)cc1. The summed E-state index contributed by atoms with van der Waals surface area (Å²) in [6.45, 7) is 1.96. The van der Waals surface area contributed by atoms with Crippen LogP contribution in [-0.2, 0) is 14.4 Å². The normalized spacial score (nSPS) is 13.8. The van der Waals surface area contributed by atoms with Crippen LogP contribution >= 0.6 is 11.8 Å². The third kappa shape index (κ3) is 6.36. The molecular weight excluding hydrogens is 460 g/mol. The van der Waals surface area contributed by atoms with Gasteiger partial charge in [-0.3, -0.25) is 14.4 Å². The number of hydrazone groups is 1. The molecule has 0 bridgehead atoms. The van der Waals surface area contributed by atoms with E-state index in [9.17, 15) is 14.4 Å². The first-order chi connectivity index (χ1) is 17.0. The number of nitrogens with one attached hydrogen (secondary N) is 2. The highest BCUT2D eigenvalue weighted by Crippen LogP contribution is 2.36. The fraction of sp³-hybridized carbons (Fsp3) is 0.185. The summed E-state index contributed by atoms with van der Waals surface area (Å²) in [5.41, 5.74) is 2.20. The van der Waals surface area contributed by atoms with E-state index in [1.54, 1.807) is 12.1 Å². The number of nitrogens with zero attached hydrogens (tertiary/aromatic N) is 2. The first-order valence-electron chi connectivity index (χ1n) is 11.4. The molecule has 0 fully saturated rings. The molecule has 0 saturated heterocycles. The van der Waals surface area contributed by atoms with Gasteiger partial charge in [-0.05, 0) is 48.4 Å². The second kappa shape index (κ2) is 11.5. The molecule has 0 aliphatic carbocycles. The number of benzene rings is 3. The van der Waals surface area contributed by atoms with Gasteiger partial charge in [0.2, 0.25) is 11.8 Å². The third-order valence-corrected chi connectivity index (χ3v) is 6.52. The average Bonchev–Trinajstić information content (AvgIpc) is 3.24. The third-order valence-electron chi connectivity index (χ3n) is 5.25. The molecule has 1 aliphatic heterocycles. The molecule has 1 unspecified atom stereocenters. The number of carbonyl (C=O) groups excluding carboxylic acids is 3. The number of amidine groups is 1. The lowest BCUT2D eigenvalue weighted by molar-refractivity contribution is -0.119. The van der Waals surface area contributed by atoms with Gasteiger partial charge in [0, 0.05) is 17.0 Å². The van der Waals surface area contributed by atoms with Gasteiger partial charge in [0.1, 0.15) is 11.1 Å². The standard InChI is InChI=1S/C27H26N4O3S/c1-2-9-24(32)28-20-14-16-22(17-15-20)35-26(19-10-5-3-6-11-19)27(34)29-23-18-25(33)31(30-23)21-12-7-4-8-13-21/h3-8,10-17,26H,2,9,18H2,1H3,(H,28,32)(H,29,30,34). The second-order valence-electron chi connectivity index (χ2n) is 7.98. The van der Waals surface area contributed by atoms with E-state index in [1.165, 1.54) is 16.8 Å². The average molecular weight is 487 g/mol. The summed E-state index contributed by atoms with van der Waals surface area (Å²) in [4.78, 5) is 38.5. The zero-order valence-electron chi connectivity index (χ0n) is 19.3. The van der Waals surface area contributed by atoms with Crippen molar-refractivity contribution in [2.45, 2.75) is 36.3 Å². The van der Waals surface area contributed by atoms with E-state index in [4.69, 9.17) is 0 Å². The van der Waals surface area contributed by atoms with Crippen LogP contribution in [0.3, 0.4) is 0 Å². The summed E-state index contributed by atoms with van der Waals surface area (Å²) < 4.78 is 0. The Labute approximate surface area is 208 Å². The van der Waals surface area contributed by atoms with E-state index in [0.29, 0.717) is 23.6 Å². The van der Waals surface area contributed by atoms with E-state index in [1.807, 2.05) is 79.7 Å². The summed E-state index contributed by atoms with van der Waals surface area (Å²) in [5, 5.41) is 10.8. The van der Waals surface area contributed by atoms with Crippen molar-refractivity contribution in [1.82, 2.24) is 5.32 Å².